The van der Waals surface area contributed by atoms with Crippen LogP contribution in [0.5, 0.6) is 0 Å². The number of benzene rings is 1. The maximum absolute atomic E-state index is 12.9. The summed E-state index contributed by atoms with van der Waals surface area (Å²) in [6.07, 6.45) is 2.08. The molecule has 0 aliphatic heterocycles. The van der Waals surface area contributed by atoms with Gasteiger partial charge in [0.15, 0.2) is 5.03 Å². The van der Waals surface area contributed by atoms with Crippen LogP contribution in [-0.2, 0) is 16.0 Å². The Labute approximate surface area is 206 Å². The number of amides is 2. The summed E-state index contributed by atoms with van der Waals surface area (Å²) in [7, 11) is -1.58. The molecule has 12 nitrogen and oxygen atoms in total. The molecule has 0 aliphatic rings. The SMILES string of the molecule is Cc1ccc(CCCC(=O)N[C@@H](CCCN=C(N)N[N+](=O)[O-])C(=O)NC(CB(O)O)C(C)C)cc1. The highest BCUT2D eigenvalue weighted by atomic mass is 16.7. The number of guanidine groups is 1. The lowest BCUT2D eigenvalue weighted by Crippen LogP contribution is -2.51. The van der Waals surface area contributed by atoms with E-state index in [2.05, 4.69) is 15.6 Å². The normalized spacial score (nSPS) is 13.1. The quantitative estimate of drug-likeness (QED) is 0.0502. The molecule has 0 saturated heterocycles. The highest BCUT2D eigenvalue weighted by Crippen LogP contribution is 2.11. The van der Waals surface area contributed by atoms with Crippen molar-refractivity contribution in [2.45, 2.75) is 71.3 Å². The third-order valence-electron chi connectivity index (χ3n) is 5.38. The second kappa shape index (κ2) is 15.7. The number of nitrogens with zero attached hydrogens (tertiary/aromatic N) is 2. The van der Waals surface area contributed by atoms with Gasteiger partial charge in [-0.05, 0) is 44.1 Å². The van der Waals surface area contributed by atoms with Crippen LogP contribution in [0, 0.1) is 23.0 Å². The van der Waals surface area contributed by atoms with Gasteiger partial charge in [-0.1, -0.05) is 49.1 Å². The molecule has 1 unspecified atom stereocenters. The van der Waals surface area contributed by atoms with Crippen molar-refractivity contribution < 1.29 is 24.7 Å². The number of carbonyl (C=O) groups excluding carboxylic acids is 2. The lowest BCUT2D eigenvalue weighted by Gasteiger charge is -2.26. The molecule has 1 rings (SSSR count). The van der Waals surface area contributed by atoms with Crippen LogP contribution >= 0.6 is 0 Å². The molecule has 194 valence electrons. The van der Waals surface area contributed by atoms with Gasteiger partial charge in [-0.25, -0.2) is 15.1 Å². The summed E-state index contributed by atoms with van der Waals surface area (Å²) in [6, 6.07) is 6.69. The minimum absolute atomic E-state index is 0.0476. The molecule has 35 heavy (non-hydrogen) atoms. The number of hydrogen-bond donors (Lipinski definition) is 6. The van der Waals surface area contributed by atoms with Crippen LogP contribution in [0.3, 0.4) is 0 Å². The number of aryl methyl sites for hydroxylation is 2. The molecule has 0 aromatic heterocycles. The zero-order chi connectivity index (χ0) is 26.4. The van der Waals surface area contributed by atoms with E-state index in [9.17, 15) is 29.8 Å². The number of nitrogens with two attached hydrogens (primary N) is 1. The molecule has 7 N–H and O–H groups in total. The number of hydrogen-bond acceptors (Lipinski definition) is 7. The van der Waals surface area contributed by atoms with Gasteiger partial charge in [0.25, 0.3) is 5.96 Å². The van der Waals surface area contributed by atoms with Crippen molar-refractivity contribution in [2.75, 3.05) is 6.54 Å². The Morgan fingerprint density at radius 1 is 1.17 bits per heavy atom. The Hall–Kier alpha value is -3.19. The molecule has 1 aromatic rings. The first-order chi connectivity index (χ1) is 16.5. The van der Waals surface area contributed by atoms with Gasteiger partial charge in [-0.2, -0.15) is 0 Å². The van der Waals surface area contributed by atoms with Crippen molar-refractivity contribution >= 4 is 24.9 Å². The molecule has 0 aliphatic carbocycles. The van der Waals surface area contributed by atoms with Crippen LogP contribution in [0.25, 0.3) is 0 Å². The third kappa shape index (κ3) is 13.3. The van der Waals surface area contributed by atoms with Gasteiger partial charge in [-0.3, -0.25) is 9.59 Å². The van der Waals surface area contributed by atoms with E-state index in [4.69, 9.17) is 5.73 Å². The Bertz CT molecular complexity index is 849. The average Bonchev–Trinajstić information content (AvgIpc) is 2.75. The summed E-state index contributed by atoms with van der Waals surface area (Å²) in [5.74, 6) is -1.15. The fraction of sp³-hybridized carbons (Fsp3) is 0.591. The van der Waals surface area contributed by atoms with E-state index < -0.39 is 30.1 Å². The first kappa shape index (κ1) is 29.8. The molecule has 2 atom stereocenters. The summed E-state index contributed by atoms with van der Waals surface area (Å²) in [4.78, 5) is 39.7. The molecule has 2 amide bonds. The Morgan fingerprint density at radius 2 is 1.83 bits per heavy atom. The largest absolute Gasteiger partial charge is 0.453 e. The van der Waals surface area contributed by atoms with Crippen LogP contribution in [0.15, 0.2) is 29.3 Å². The van der Waals surface area contributed by atoms with Gasteiger partial charge in [0, 0.05) is 25.3 Å². The number of aliphatic imine (C=N–C) groups is 1. The van der Waals surface area contributed by atoms with E-state index in [1.807, 2.05) is 45.0 Å². The molecule has 0 spiro atoms. The molecule has 0 heterocycles. The van der Waals surface area contributed by atoms with Gasteiger partial charge >= 0.3 is 7.12 Å². The second-order valence-electron chi connectivity index (χ2n) is 8.81. The van der Waals surface area contributed by atoms with Gasteiger partial charge in [0.1, 0.15) is 6.04 Å². The second-order valence-corrected chi connectivity index (χ2v) is 8.81. The van der Waals surface area contributed by atoms with Crippen LogP contribution in [0.4, 0.5) is 0 Å². The molecule has 0 radical (unpaired) electrons. The lowest BCUT2D eigenvalue weighted by molar-refractivity contribution is -0.525. The summed E-state index contributed by atoms with van der Waals surface area (Å²) in [5, 5.41) is 33.7. The van der Waals surface area contributed by atoms with Gasteiger partial charge < -0.3 is 26.4 Å². The van der Waals surface area contributed by atoms with Crippen LogP contribution < -0.4 is 21.8 Å². The maximum Gasteiger partial charge on any atom is 0.453 e. The fourth-order valence-corrected chi connectivity index (χ4v) is 3.38. The summed E-state index contributed by atoms with van der Waals surface area (Å²) < 4.78 is 0. The zero-order valence-electron chi connectivity index (χ0n) is 20.6. The van der Waals surface area contributed by atoms with Crippen molar-refractivity contribution in [1.82, 2.24) is 16.1 Å². The summed E-state index contributed by atoms with van der Waals surface area (Å²) >= 11 is 0. The Morgan fingerprint density at radius 3 is 2.40 bits per heavy atom. The highest BCUT2D eigenvalue weighted by Gasteiger charge is 2.27. The Kier molecular flexibility index (Phi) is 13.4. The van der Waals surface area contributed by atoms with Crippen molar-refractivity contribution in [1.29, 1.82) is 0 Å². The molecule has 0 saturated carbocycles. The van der Waals surface area contributed by atoms with Gasteiger partial charge in [0.2, 0.25) is 11.8 Å². The number of rotatable bonds is 15. The van der Waals surface area contributed by atoms with Gasteiger partial charge in [-0.15, -0.1) is 0 Å². The van der Waals surface area contributed by atoms with Crippen LogP contribution in [0.2, 0.25) is 6.32 Å². The predicted octanol–water partition coefficient (Wildman–Crippen LogP) is 0.292. The number of nitro groups is 1. The fourth-order valence-electron chi connectivity index (χ4n) is 3.38. The zero-order valence-corrected chi connectivity index (χ0v) is 20.6. The minimum Gasteiger partial charge on any atom is -0.427 e. The van der Waals surface area contributed by atoms with Gasteiger partial charge in [0.05, 0.1) is 0 Å². The lowest BCUT2D eigenvalue weighted by atomic mass is 9.78. The Balaban J connectivity index is 2.72. The predicted molar refractivity (Wildman–Crippen MR) is 134 cm³/mol. The summed E-state index contributed by atoms with van der Waals surface area (Å²) in [6.45, 7) is 5.80. The van der Waals surface area contributed by atoms with E-state index in [0.717, 1.165) is 17.5 Å². The van der Waals surface area contributed by atoms with E-state index in [1.54, 1.807) is 5.43 Å². The maximum atomic E-state index is 12.9. The molecule has 0 fully saturated rings. The molecule has 13 heteroatoms. The van der Waals surface area contributed by atoms with Crippen molar-refractivity contribution in [3.8, 4) is 0 Å². The third-order valence-corrected chi connectivity index (χ3v) is 5.38. The topological polar surface area (TPSA) is 192 Å². The average molecular weight is 492 g/mol. The number of nitrogens with one attached hydrogen (secondary N) is 3. The van der Waals surface area contributed by atoms with E-state index in [-0.39, 0.29) is 43.5 Å². The van der Waals surface area contributed by atoms with Crippen molar-refractivity contribution in [3.63, 3.8) is 0 Å². The van der Waals surface area contributed by atoms with Crippen molar-refractivity contribution in [2.24, 2.45) is 16.6 Å². The van der Waals surface area contributed by atoms with Crippen LogP contribution in [-0.4, -0.2) is 58.6 Å². The van der Waals surface area contributed by atoms with Crippen LogP contribution in [0.1, 0.15) is 50.7 Å². The standard InChI is InChI=1S/C22H37BN6O6/c1-15(2)19(14-23(32)33)27-21(31)18(7-5-13-25-22(24)28-29(34)35)26-20(30)8-4-6-17-11-9-16(3)10-12-17/h9-12,15,18-19,32-33H,4-8,13-14H2,1-3H3,(H,26,30)(H,27,31)(H3,24,25,28)/t18-,19?/m0/s1. The molecule has 1 aromatic carbocycles. The summed E-state index contributed by atoms with van der Waals surface area (Å²) in [5.41, 5.74) is 9.41. The van der Waals surface area contributed by atoms with E-state index in [1.165, 1.54) is 0 Å². The molecular formula is C22H37BN6O6. The smallest absolute Gasteiger partial charge is 0.427 e. The number of carbonyl (C=O) groups is 2. The van der Waals surface area contributed by atoms with Crippen molar-refractivity contribution in [3.05, 3.63) is 45.5 Å². The van der Waals surface area contributed by atoms with E-state index >= 15 is 0 Å². The van der Waals surface area contributed by atoms with E-state index in [0.29, 0.717) is 12.8 Å². The first-order valence-electron chi connectivity index (χ1n) is 11.7. The molecule has 0 bridgehead atoms. The first-order valence-corrected chi connectivity index (χ1v) is 11.7. The minimum atomic E-state index is -1.58. The highest BCUT2D eigenvalue weighted by molar-refractivity contribution is 6.41. The number of hydrazine groups is 1. The molecular weight excluding hydrogens is 455 g/mol. The monoisotopic (exact) mass is 492 g/mol.